The minimum atomic E-state index is -0.532. The van der Waals surface area contributed by atoms with Gasteiger partial charge in [0.25, 0.3) is 5.69 Å². The SMILES string of the molecule is N#Cc1ccc(N2CCN(c3ccc([N+](=O)[O-])cc3C#N)CC2)c(F)c1. The van der Waals surface area contributed by atoms with Crippen molar-refractivity contribution >= 4 is 17.1 Å². The number of nitro groups is 1. The standard InChI is InChI=1S/C18H14FN5O2/c19-16-9-13(11-20)1-3-18(16)23-7-5-22(6-8-23)17-4-2-15(24(25)26)10-14(17)12-21/h1-4,9-10H,5-8H2. The minimum Gasteiger partial charge on any atom is -0.367 e. The van der Waals surface area contributed by atoms with Crippen molar-refractivity contribution in [1.29, 1.82) is 10.5 Å². The van der Waals surface area contributed by atoms with Crippen molar-refractivity contribution in [3.63, 3.8) is 0 Å². The molecular formula is C18H14FN5O2. The molecule has 0 radical (unpaired) electrons. The number of non-ortho nitro benzene ring substituents is 1. The van der Waals surface area contributed by atoms with E-state index in [0.29, 0.717) is 37.6 Å². The van der Waals surface area contributed by atoms with Crippen LogP contribution in [-0.4, -0.2) is 31.1 Å². The molecule has 0 saturated carbocycles. The molecule has 1 fully saturated rings. The molecule has 26 heavy (non-hydrogen) atoms. The monoisotopic (exact) mass is 351 g/mol. The highest BCUT2D eigenvalue weighted by atomic mass is 19.1. The minimum absolute atomic E-state index is 0.122. The van der Waals surface area contributed by atoms with Gasteiger partial charge in [-0.25, -0.2) is 4.39 Å². The number of nitro benzene ring substituents is 1. The second-order valence-electron chi connectivity index (χ2n) is 5.82. The average Bonchev–Trinajstić information content (AvgIpc) is 2.67. The Bertz CT molecular complexity index is 940. The number of nitriles is 2. The maximum Gasteiger partial charge on any atom is 0.270 e. The van der Waals surface area contributed by atoms with Crippen molar-refractivity contribution in [2.24, 2.45) is 0 Å². The highest BCUT2D eigenvalue weighted by Gasteiger charge is 2.22. The zero-order valence-electron chi connectivity index (χ0n) is 13.7. The van der Waals surface area contributed by atoms with E-state index in [2.05, 4.69) is 0 Å². The van der Waals surface area contributed by atoms with Crippen LogP contribution in [-0.2, 0) is 0 Å². The van der Waals surface area contributed by atoms with E-state index >= 15 is 0 Å². The first-order chi connectivity index (χ1) is 12.5. The van der Waals surface area contributed by atoms with Crippen molar-refractivity contribution in [3.05, 3.63) is 63.5 Å². The fourth-order valence-electron chi connectivity index (χ4n) is 3.02. The fraction of sp³-hybridized carbons (Fsp3) is 0.222. The van der Waals surface area contributed by atoms with Crippen LogP contribution in [0.3, 0.4) is 0 Å². The zero-order chi connectivity index (χ0) is 18.7. The molecule has 1 heterocycles. The summed E-state index contributed by atoms with van der Waals surface area (Å²) < 4.78 is 14.2. The summed E-state index contributed by atoms with van der Waals surface area (Å²) in [6, 6.07) is 12.5. The summed E-state index contributed by atoms with van der Waals surface area (Å²) in [5.74, 6) is -0.439. The largest absolute Gasteiger partial charge is 0.367 e. The average molecular weight is 351 g/mol. The van der Waals surface area contributed by atoms with Crippen LogP contribution in [0.1, 0.15) is 11.1 Å². The second kappa shape index (κ2) is 7.08. The number of rotatable bonds is 3. The van der Waals surface area contributed by atoms with Gasteiger partial charge in [-0.2, -0.15) is 10.5 Å². The van der Waals surface area contributed by atoms with Crippen molar-refractivity contribution in [3.8, 4) is 12.1 Å². The maximum absolute atomic E-state index is 14.2. The first kappa shape index (κ1) is 17.2. The van der Waals surface area contributed by atoms with Gasteiger partial charge in [0.15, 0.2) is 0 Å². The smallest absolute Gasteiger partial charge is 0.270 e. The van der Waals surface area contributed by atoms with Crippen LogP contribution in [0.2, 0.25) is 0 Å². The summed E-state index contributed by atoms with van der Waals surface area (Å²) >= 11 is 0. The number of nitrogens with zero attached hydrogens (tertiary/aromatic N) is 5. The predicted octanol–water partition coefficient (Wildman–Crippen LogP) is 2.80. The molecule has 0 aromatic heterocycles. The quantitative estimate of drug-likeness (QED) is 0.623. The van der Waals surface area contributed by atoms with Crippen LogP contribution in [0.15, 0.2) is 36.4 Å². The molecule has 1 aliphatic heterocycles. The molecule has 0 atom stereocenters. The Kier molecular flexibility index (Phi) is 4.68. The molecule has 1 aliphatic rings. The number of hydrogen-bond donors (Lipinski definition) is 0. The molecule has 0 N–H and O–H groups in total. The van der Waals surface area contributed by atoms with E-state index in [9.17, 15) is 19.8 Å². The van der Waals surface area contributed by atoms with Crippen LogP contribution in [0.4, 0.5) is 21.5 Å². The lowest BCUT2D eigenvalue weighted by molar-refractivity contribution is -0.384. The fourth-order valence-corrected chi connectivity index (χ4v) is 3.02. The zero-order valence-corrected chi connectivity index (χ0v) is 13.7. The lowest BCUT2D eigenvalue weighted by Gasteiger charge is -2.37. The summed E-state index contributed by atoms with van der Waals surface area (Å²) in [6.07, 6.45) is 0. The summed E-state index contributed by atoms with van der Waals surface area (Å²) in [5.41, 5.74) is 1.47. The Balaban J connectivity index is 1.76. The van der Waals surface area contributed by atoms with Gasteiger partial charge in [-0.05, 0) is 24.3 Å². The van der Waals surface area contributed by atoms with E-state index in [1.54, 1.807) is 18.2 Å². The van der Waals surface area contributed by atoms with E-state index in [-0.39, 0.29) is 16.8 Å². The third-order valence-corrected chi connectivity index (χ3v) is 4.35. The van der Waals surface area contributed by atoms with Crippen LogP contribution in [0.5, 0.6) is 0 Å². The Labute approximate surface area is 149 Å². The van der Waals surface area contributed by atoms with Crippen molar-refractivity contribution in [2.75, 3.05) is 36.0 Å². The molecule has 0 unspecified atom stereocenters. The summed E-state index contributed by atoms with van der Waals surface area (Å²) in [6.45, 7) is 2.16. The summed E-state index contributed by atoms with van der Waals surface area (Å²) in [7, 11) is 0. The lowest BCUT2D eigenvalue weighted by Crippen LogP contribution is -2.47. The van der Waals surface area contributed by atoms with Crippen LogP contribution in [0.25, 0.3) is 0 Å². The van der Waals surface area contributed by atoms with E-state index in [1.165, 1.54) is 18.2 Å². The number of anilines is 2. The van der Waals surface area contributed by atoms with Crippen molar-refractivity contribution < 1.29 is 9.31 Å². The predicted molar refractivity (Wildman–Crippen MR) is 93.4 cm³/mol. The molecule has 7 nitrogen and oxygen atoms in total. The molecular weight excluding hydrogens is 337 g/mol. The van der Waals surface area contributed by atoms with E-state index < -0.39 is 10.7 Å². The third-order valence-electron chi connectivity index (χ3n) is 4.35. The molecule has 0 amide bonds. The van der Waals surface area contributed by atoms with Gasteiger partial charge in [-0.3, -0.25) is 10.1 Å². The first-order valence-corrected chi connectivity index (χ1v) is 7.91. The highest BCUT2D eigenvalue weighted by Crippen LogP contribution is 2.28. The number of halogens is 1. The van der Waals surface area contributed by atoms with Gasteiger partial charge in [0.2, 0.25) is 0 Å². The number of hydrogen-bond acceptors (Lipinski definition) is 6. The van der Waals surface area contributed by atoms with Crippen molar-refractivity contribution in [1.82, 2.24) is 0 Å². The van der Waals surface area contributed by atoms with Gasteiger partial charge in [-0.1, -0.05) is 0 Å². The maximum atomic E-state index is 14.2. The molecule has 8 heteroatoms. The first-order valence-electron chi connectivity index (χ1n) is 7.91. The molecule has 2 aromatic rings. The van der Waals surface area contributed by atoms with E-state index in [0.717, 1.165) is 0 Å². The second-order valence-corrected chi connectivity index (χ2v) is 5.82. The molecule has 130 valence electrons. The molecule has 0 aliphatic carbocycles. The van der Waals surface area contributed by atoms with Crippen molar-refractivity contribution in [2.45, 2.75) is 0 Å². The van der Waals surface area contributed by atoms with Gasteiger partial charge in [-0.15, -0.1) is 0 Å². The van der Waals surface area contributed by atoms with Gasteiger partial charge in [0.05, 0.1) is 33.5 Å². The van der Waals surface area contributed by atoms with E-state index in [1.807, 2.05) is 21.9 Å². The molecule has 0 spiro atoms. The molecule has 3 rings (SSSR count). The Hall–Kier alpha value is -3.65. The van der Waals surface area contributed by atoms with Gasteiger partial charge in [0.1, 0.15) is 11.9 Å². The van der Waals surface area contributed by atoms with Gasteiger partial charge < -0.3 is 9.80 Å². The van der Waals surface area contributed by atoms with Gasteiger partial charge in [0, 0.05) is 38.3 Å². The third kappa shape index (κ3) is 3.26. The van der Waals surface area contributed by atoms with Crippen LogP contribution >= 0.6 is 0 Å². The molecule has 0 bridgehead atoms. The van der Waals surface area contributed by atoms with Crippen LogP contribution in [0, 0.1) is 38.6 Å². The Morgan fingerprint density at radius 3 is 2.12 bits per heavy atom. The number of benzene rings is 2. The van der Waals surface area contributed by atoms with Crippen LogP contribution < -0.4 is 9.80 Å². The number of piperazine rings is 1. The Morgan fingerprint density at radius 1 is 0.962 bits per heavy atom. The molecule has 1 saturated heterocycles. The van der Waals surface area contributed by atoms with E-state index in [4.69, 9.17) is 5.26 Å². The highest BCUT2D eigenvalue weighted by molar-refractivity contribution is 5.64. The lowest BCUT2D eigenvalue weighted by atomic mass is 10.1. The Morgan fingerprint density at radius 2 is 1.58 bits per heavy atom. The normalized spacial score (nSPS) is 13.8. The van der Waals surface area contributed by atoms with Gasteiger partial charge >= 0.3 is 0 Å². The molecule has 2 aromatic carbocycles. The topological polar surface area (TPSA) is 97.2 Å². The summed E-state index contributed by atoms with van der Waals surface area (Å²) in [5, 5.41) is 29.0. The summed E-state index contributed by atoms with van der Waals surface area (Å²) in [4.78, 5) is 14.2.